The van der Waals surface area contributed by atoms with Gasteiger partial charge in [0, 0.05) is 0 Å². The number of benzene rings is 1. The summed E-state index contributed by atoms with van der Waals surface area (Å²) in [4.78, 5) is 0. The minimum absolute atomic E-state index is 1.07. The molecule has 0 nitrogen and oxygen atoms in total. The Bertz CT molecular complexity index is 332. The smallest absolute Gasteiger partial charge is 0.0156 e. The first-order chi connectivity index (χ1) is 7.33. The van der Waals surface area contributed by atoms with Crippen LogP contribution in [0.1, 0.15) is 25.0 Å². The summed E-state index contributed by atoms with van der Waals surface area (Å²) in [5.41, 5.74) is 3.91. The molecular weight excluding hydrogens is 180 g/mol. The summed E-state index contributed by atoms with van der Waals surface area (Å²) in [6.07, 6.45) is 5.08. The van der Waals surface area contributed by atoms with Gasteiger partial charge in [0.25, 0.3) is 0 Å². The predicted octanol–water partition coefficient (Wildman–Crippen LogP) is 4.64. The molecule has 0 unspecified atom stereocenters. The maximum atomic E-state index is 3.82. The van der Waals surface area contributed by atoms with E-state index in [-0.39, 0.29) is 0 Å². The van der Waals surface area contributed by atoms with Crippen molar-refractivity contribution in [2.45, 2.75) is 20.3 Å². The van der Waals surface area contributed by atoms with Crippen molar-refractivity contribution in [3.63, 3.8) is 0 Å². The molecule has 0 saturated heterocycles. The quantitative estimate of drug-likeness (QED) is 0.492. The second-order valence-electron chi connectivity index (χ2n) is 2.96. The fraction of sp³-hybridized carbons (Fsp3) is 0.200. The van der Waals surface area contributed by atoms with Gasteiger partial charge in [0.2, 0.25) is 0 Å². The van der Waals surface area contributed by atoms with E-state index in [1.54, 1.807) is 0 Å². The molecule has 0 heteroatoms. The van der Waals surface area contributed by atoms with Gasteiger partial charge in [0.1, 0.15) is 0 Å². The van der Waals surface area contributed by atoms with Gasteiger partial charge in [0.05, 0.1) is 0 Å². The Morgan fingerprint density at radius 2 is 1.87 bits per heavy atom. The molecule has 1 rings (SSSR count). The first-order valence-corrected chi connectivity index (χ1v) is 5.20. The molecule has 0 fully saturated rings. The van der Waals surface area contributed by atoms with Crippen LogP contribution in [0.4, 0.5) is 0 Å². The monoisotopic (exact) mass is 200 g/mol. The zero-order chi connectivity index (χ0) is 11.7. The number of hydrogen-bond acceptors (Lipinski definition) is 0. The lowest BCUT2D eigenvalue weighted by Gasteiger charge is -2.07. The molecule has 0 aliphatic carbocycles. The minimum atomic E-state index is 1.07. The second kappa shape index (κ2) is 7.81. The van der Waals surface area contributed by atoms with Gasteiger partial charge in [-0.3, -0.25) is 0 Å². The van der Waals surface area contributed by atoms with Crippen LogP contribution >= 0.6 is 0 Å². The molecule has 0 N–H and O–H groups in total. The topological polar surface area (TPSA) is 0 Å². The summed E-state index contributed by atoms with van der Waals surface area (Å²) in [6.45, 7) is 14.0. The molecule has 0 aliphatic heterocycles. The van der Waals surface area contributed by atoms with Gasteiger partial charge in [-0.25, -0.2) is 0 Å². The number of allylic oxidation sites excluding steroid dienone is 3. The molecule has 0 radical (unpaired) electrons. The highest BCUT2D eigenvalue weighted by Crippen LogP contribution is 2.20. The maximum Gasteiger partial charge on any atom is -0.0156 e. The van der Waals surface area contributed by atoms with E-state index in [4.69, 9.17) is 0 Å². The summed E-state index contributed by atoms with van der Waals surface area (Å²) in [7, 11) is 0. The predicted molar refractivity (Wildman–Crippen MR) is 70.9 cm³/mol. The fourth-order valence-electron chi connectivity index (χ4n) is 1.49. The standard InChI is InChI=1S/C13H16.C2H4/c1-4-11(5-2)13-10-8-7-9-12(13)6-3;1-2/h4-5,7-10H,1,6H2,2-3H3;1-2H2/b11-5+;. The zero-order valence-electron chi connectivity index (χ0n) is 9.79. The molecular formula is C15H20. The Kier molecular flexibility index (Phi) is 7.00. The molecule has 0 aliphatic rings. The SMILES string of the molecule is C=C.C=C/C(=C\C)c1ccccc1CC. The summed E-state index contributed by atoms with van der Waals surface area (Å²) in [5, 5.41) is 0. The van der Waals surface area contributed by atoms with Crippen molar-refractivity contribution in [1.82, 2.24) is 0 Å². The van der Waals surface area contributed by atoms with Crippen LogP contribution in [0.5, 0.6) is 0 Å². The first-order valence-electron chi connectivity index (χ1n) is 5.20. The van der Waals surface area contributed by atoms with E-state index in [0.717, 1.165) is 6.42 Å². The van der Waals surface area contributed by atoms with Crippen LogP contribution in [-0.2, 0) is 6.42 Å². The van der Waals surface area contributed by atoms with Crippen molar-refractivity contribution >= 4 is 5.57 Å². The van der Waals surface area contributed by atoms with Crippen LogP contribution in [-0.4, -0.2) is 0 Å². The third-order valence-corrected chi connectivity index (χ3v) is 2.24. The highest BCUT2D eigenvalue weighted by molar-refractivity contribution is 5.75. The van der Waals surface area contributed by atoms with E-state index in [0.29, 0.717) is 0 Å². The molecule has 0 amide bonds. The first kappa shape index (κ1) is 13.4. The molecule has 0 atom stereocenters. The van der Waals surface area contributed by atoms with Gasteiger partial charge < -0.3 is 0 Å². The third-order valence-electron chi connectivity index (χ3n) is 2.24. The van der Waals surface area contributed by atoms with E-state index in [9.17, 15) is 0 Å². The molecule has 0 heterocycles. The number of rotatable bonds is 3. The lowest BCUT2D eigenvalue weighted by Crippen LogP contribution is -1.89. The van der Waals surface area contributed by atoms with E-state index >= 15 is 0 Å². The van der Waals surface area contributed by atoms with Gasteiger partial charge in [-0.15, -0.1) is 13.2 Å². The Morgan fingerprint density at radius 3 is 2.33 bits per heavy atom. The van der Waals surface area contributed by atoms with Gasteiger partial charge in [0.15, 0.2) is 0 Å². The lowest BCUT2D eigenvalue weighted by molar-refractivity contribution is 1.13. The minimum Gasteiger partial charge on any atom is -0.106 e. The van der Waals surface area contributed by atoms with Crippen molar-refractivity contribution in [2.24, 2.45) is 0 Å². The van der Waals surface area contributed by atoms with Gasteiger partial charge in [-0.2, -0.15) is 0 Å². The zero-order valence-corrected chi connectivity index (χ0v) is 9.79. The highest BCUT2D eigenvalue weighted by Gasteiger charge is 2.00. The molecule has 0 bridgehead atoms. The third kappa shape index (κ3) is 3.59. The summed E-state index contributed by atoms with van der Waals surface area (Å²) in [6, 6.07) is 8.47. The maximum absolute atomic E-state index is 3.82. The summed E-state index contributed by atoms with van der Waals surface area (Å²) >= 11 is 0. The van der Waals surface area contributed by atoms with Crippen molar-refractivity contribution in [1.29, 1.82) is 0 Å². The molecule has 1 aromatic carbocycles. The van der Waals surface area contributed by atoms with Crippen LogP contribution < -0.4 is 0 Å². The highest BCUT2D eigenvalue weighted by atomic mass is 14.1. The van der Waals surface area contributed by atoms with Crippen molar-refractivity contribution < 1.29 is 0 Å². The van der Waals surface area contributed by atoms with Crippen LogP contribution in [0.25, 0.3) is 5.57 Å². The van der Waals surface area contributed by atoms with Gasteiger partial charge >= 0.3 is 0 Å². The Morgan fingerprint density at radius 1 is 1.27 bits per heavy atom. The summed E-state index contributed by atoms with van der Waals surface area (Å²) in [5.74, 6) is 0. The summed E-state index contributed by atoms with van der Waals surface area (Å²) < 4.78 is 0. The normalized spacial score (nSPS) is 10.1. The lowest BCUT2D eigenvalue weighted by atomic mass is 9.98. The molecule has 80 valence electrons. The van der Waals surface area contributed by atoms with Gasteiger partial charge in [-0.1, -0.05) is 49.9 Å². The molecule has 15 heavy (non-hydrogen) atoms. The van der Waals surface area contributed by atoms with E-state index in [1.165, 1.54) is 16.7 Å². The Labute approximate surface area is 93.7 Å². The number of aryl methyl sites for hydroxylation is 1. The molecule has 0 saturated carbocycles. The Balaban J connectivity index is 0.000000921. The molecule has 1 aromatic rings. The average Bonchev–Trinajstić information content (AvgIpc) is 2.34. The van der Waals surface area contributed by atoms with E-state index < -0.39 is 0 Å². The van der Waals surface area contributed by atoms with Crippen LogP contribution in [0.15, 0.2) is 56.2 Å². The van der Waals surface area contributed by atoms with Crippen LogP contribution in [0.3, 0.4) is 0 Å². The van der Waals surface area contributed by atoms with Crippen LogP contribution in [0.2, 0.25) is 0 Å². The van der Waals surface area contributed by atoms with Crippen LogP contribution in [0, 0.1) is 0 Å². The molecule has 0 aromatic heterocycles. The van der Waals surface area contributed by atoms with Crippen molar-refractivity contribution in [3.8, 4) is 0 Å². The fourth-order valence-corrected chi connectivity index (χ4v) is 1.49. The largest absolute Gasteiger partial charge is 0.106 e. The van der Waals surface area contributed by atoms with Gasteiger partial charge in [-0.05, 0) is 30.0 Å². The van der Waals surface area contributed by atoms with E-state index in [2.05, 4.69) is 57.0 Å². The second-order valence-corrected chi connectivity index (χ2v) is 2.96. The van der Waals surface area contributed by atoms with E-state index in [1.807, 2.05) is 13.0 Å². The number of hydrogen-bond donors (Lipinski definition) is 0. The Hall–Kier alpha value is -1.56. The molecule has 0 spiro atoms. The van der Waals surface area contributed by atoms with Crippen molar-refractivity contribution in [2.75, 3.05) is 0 Å². The van der Waals surface area contributed by atoms with Crippen molar-refractivity contribution in [3.05, 3.63) is 67.3 Å². The average molecular weight is 200 g/mol.